The number of aryl methyl sites for hydroxylation is 2. The molecule has 0 saturated carbocycles. The molecule has 0 radical (unpaired) electrons. The molecular formula is C16H20N2O3. The van der Waals surface area contributed by atoms with E-state index in [0.717, 1.165) is 34.0 Å². The number of nitrogens with zero attached hydrogens (tertiary/aromatic N) is 2. The molecule has 0 bridgehead atoms. The van der Waals surface area contributed by atoms with E-state index in [1.54, 1.807) is 7.11 Å². The van der Waals surface area contributed by atoms with Crippen LogP contribution in [0.3, 0.4) is 0 Å². The summed E-state index contributed by atoms with van der Waals surface area (Å²) in [6.07, 6.45) is 0.622. The Kier molecular flexibility index (Phi) is 4.31. The lowest BCUT2D eigenvalue weighted by molar-refractivity contribution is -0.136. The molecule has 2 aromatic rings. The Morgan fingerprint density at radius 2 is 2.05 bits per heavy atom. The highest BCUT2D eigenvalue weighted by atomic mass is 16.5. The lowest BCUT2D eigenvalue weighted by Crippen LogP contribution is -2.03. The molecule has 112 valence electrons. The van der Waals surface area contributed by atoms with Gasteiger partial charge in [0.05, 0.1) is 18.5 Å². The maximum Gasteiger partial charge on any atom is 0.303 e. The molecule has 5 nitrogen and oxygen atoms in total. The minimum Gasteiger partial charge on any atom is -0.497 e. The van der Waals surface area contributed by atoms with Gasteiger partial charge in [-0.05, 0) is 56.5 Å². The summed E-state index contributed by atoms with van der Waals surface area (Å²) in [5.74, 6) is 0.0195. The number of methoxy groups -OCH3 is 1. The summed E-state index contributed by atoms with van der Waals surface area (Å²) < 4.78 is 7.09. The molecule has 0 saturated heterocycles. The van der Waals surface area contributed by atoms with Gasteiger partial charge in [-0.1, -0.05) is 0 Å². The predicted molar refractivity (Wildman–Crippen MR) is 80.3 cm³/mol. The van der Waals surface area contributed by atoms with Gasteiger partial charge in [-0.2, -0.15) is 5.10 Å². The fourth-order valence-electron chi connectivity index (χ4n) is 2.50. The third kappa shape index (κ3) is 3.07. The Morgan fingerprint density at radius 3 is 2.62 bits per heavy atom. The second kappa shape index (κ2) is 5.99. The molecule has 1 aromatic heterocycles. The van der Waals surface area contributed by atoms with Gasteiger partial charge in [0.2, 0.25) is 0 Å². The number of carbonyl (C=O) groups is 1. The van der Waals surface area contributed by atoms with Gasteiger partial charge in [-0.25, -0.2) is 4.68 Å². The summed E-state index contributed by atoms with van der Waals surface area (Å²) in [7, 11) is 1.64. The molecule has 21 heavy (non-hydrogen) atoms. The predicted octanol–water partition coefficient (Wildman–Crippen LogP) is 2.82. The number of carboxylic acid groups (broad SMARTS) is 1. The first-order valence-electron chi connectivity index (χ1n) is 6.86. The van der Waals surface area contributed by atoms with E-state index in [1.807, 2.05) is 43.7 Å². The minimum absolute atomic E-state index is 0.120. The van der Waals surface area contributed by atoms with Crippen LogP contribution in [0.2, 0.25) is 0 Å². The molecule has 1 N–H and O–H groups in total. The Balaban J connectivity index is 2.41. The van der Waals surface area contributed by atoms with Crippen molar-refractivity contribution >= 4 is 5.97 Å². The number of ether oxygens (including phenoxy) is 1. The lowest BCUT2D eigenvalue weighted by Gasteiger charge is -2.10. The van der Waals surface area contributed by atoms with Crippen LogP contribution in [0.25, 0.3) is 5.69 Å². The molecule has 0 aliphatic carbocycles. The maximum absolute atomic E-state index is 10.8. The monoisotopic (exact) mass is 288 g/mol. The average molecular weight is 288 g/mol. The zero-order valence-corrected chi connectivity index (χ0v) is 12.8. The highest BCUT2D eigenvalue weighted by Gasteiger charge is 2.15. The van der Waals surface area contributed by atoms with E-state index in [0.29, 0.717) is 6.42 Å². The number of hydrogen-bond acceptors (Lipinski definition) is 3. The van der Waals surface area contributed by atoms with Crippen LogP contribution in [-0.2, 0) is 11.2 Å². The lowest BCUT2D eigenvalue weighted by atomic mass is 10.1. The van der Waals surface area contributed by atoms with Crippen LogP contribution in [0.15, 0.2) is 18.2 Å². The van der Waals surface area contributed by atoms with Crippen LogP contribution in [0.1, 0.15) is 28.9 Å². The minimum atomic E-state index is -0.790. The number of aromatic nitrogens is 2. The Bertz CT molecular complexity index is 674. The second-order valence-corrected chi connectivity index (χ2v) is 5.11. The zero-order valence-electron chi connectivity index (χ0n) is 12.8. The molecule has 0 aliphatic heterocycles. The normalized spacial score (nSPS) is 10.7. The number of carboxylic acids is 1. The fraction of sp³-hybridized carbons (Fsp3) is 0.375. The molecule has 0 spiro atoms. The quantitative estimate of drug-likeness (QED) is 0.919. The van der Waals surface area contributed by atoms with E-state index in [4.69, 9.17) is 9.84 Å². The summed E-state index contributed by atoms with van der Waals surface area (Å²) >= 11 is 0. The first-order chi connectivity index (χ1) is 9.93. The zero-order chi connectivity index (χ0) is 15.6. The molecule has 0 fully saturated rings. The summed E-state index contributed by atoms with van der Waals surface area (Å²) in [5.41, 5.74) is 4.92. The van der Waals surface area contributed by atoms with Crippen molar-refractivity contribution in [2.24, 2.45) is 0 Å². The van der Waals surface area contributed by atoms with Gasteiger partial charge >= 0.3 is 5.97 Å². The van der Waals surface area contributed by atoms with E-state index < -0.39 is 5.97 Å². The molecular weight excluding hydrogens is 268 g/mol. The molecule has 0 atom stereocenters. The van der Waals surface area contributed by atoms with Crippen LogP contribution in [0.4, 0.5) is 0 Å². The standard InChI is InChI=1S/C16H20N2O3/c1-10-9-13(21-4)5-7-15(10)18-12(3)14(11(2)17-18)6-8-16(19)20/h5,7,9H,6,8H2,1-4H3,(H,19,20). The van der Waals surface area contributed by atoms with Gasteiger partial charge in [0, 0.05) is 12.1 Å². The second-order valence-electron chi connectivity index (χ2n) is 5.11. The summed E-state index contributed by atoms with van der Waals surface area (Å²) in [6, 6.07) is 5.83. The molecule has 0 unspecified atom stereocenters. The maximum atomic E-state index is 10.8. The smallest absolute Gasteiger partial charge is 0.303 e. The molecule has 1 heterocycles. The molecule has 0 aliphatic rings. The topological polar surface area (TPSA) is 64.4 Å². The average Bonchev–Trinajstić information content (AvgIpc) is 2.71. The van der Waals surface area contributed by atoms with E-state index >= 15 is 0 Å². The van der Waals surface area contributed by atoms with Crippen LogP contribution < -0.4 is 4.74 Å². The first kappa shape index (κ1) is 15.1. The van der Waals surface area contributed by atoms with Crippen molar-refractivity contribution in [3.8, 4) is 11.4 Å². The van der Waals surface area contributed by atoms with Crippen LogP contribution >= 0.6 is 0 Å². The number of aliphatic carboxylic acids is 1. The first-order valence-corrected chi connectivity index (χ1v) is 6.86. The summed E-state index contributed by atoms with van der Waals surface area (Å²) in [4.78, 5) is 10.8. The van der Waals surface area contributed by atoms with Crippen LogP contribution in [0, 0.1) is 20.8 Å². The Hall–Kier alpha value is -2.30. The third-order valence-corrected chi connectivity index (χ3v) is 3.66. The third-order valence-electron chi connectivity index (χ3n) is 3.66. The van der Waals surface area contributed by atoms with Gasteiger partial charge in [0.25, 0.3) is 0 Å². The Labute approximate surface area is 124 Å². The highest BCUT2D eigenvalue weighted by molar-refractivity contribution is 5.67. The summed E-state index contributed by atoms with van der Waals surface area (Å²) in [6.45, 7) is 5.89. The van der Waals surface area contributed by atoms with Gasteiger partial charge in [0.1, 0.15) is 5.75 Å². The fourth-order valence-corrected chi connectivity index (χ4v) is 2.50. The summed E-state index contributed by atoms with van der Waals surface area (Å²) in [5, 5.41) is 13.4. The highest BCUT2D eigenvalue weighted by Crippen LogP contribution is 2.24. The molecule has 0 amide bonds. The van der Waals surface area contributed by atoms with Crippen molar-refractivity contribution in [3.05, 3.63) is 40.7 Å². The molecule has 5 heteroatoms. The van der Waals surface area contributed by atoms with Crippen molar-refractivity contribution in [3.63, 3.8) is 0 Å². The van der Waals surface area contributed by atoms with E-state index in [2.05, 4.69) is 5.10 Å². The van der Waals surface area contributed by atoms with Gasteiger partial charge in [0.15, 0.2) is 0 Å². The van der Waals surface area contributed by atoms with Gasteiger partial charge in [-0.15, -0.1) is 0 Å². The SMILES string of the molecule is COc1ccc(-n2nc(C)c(CCC(=O)O)c2C)c(C)c1. The van der Waals surface area contributed by atoms with Crippen molar-refractivity contribution in [2.45, 2.75) is 33.6 Å². The number of hydrogen-bond donors (Lipinski definition) is 1. The largest absolute Gasteiger partial charge is 0.497 e. The number of benzene rings is 1. The van der Waals surface area contributed by atoms with E-state index in [-0.39, 0.29) is 6.42 Å². The van der Waals surface area contributed by atoms with Crippen molar-refractivity contribution in [1.82, 2.24) is 9.78 Å². The van der Waals surface area contributed by atoms with Crippen molar-refractivity contribution in [2.75, 3.05) is 7.11 Å². The van der Waals surface area contributed by atoms with Crippen LogP contribution in [-0.4, -0.2) is 28.0 Å². The van der Waals surface area contributed by atoms with E-state index in [1.165, 1.54) is 0 Å². The van der Waals surface area contributed by atoms with Gasteiger partial charge < -0.3 is 9.84 Å². The van der Waals surface area contributed by atoms with Gasteiger partial charge in [-0.3, -0.25) is 4.79 Å². The van der Waals surface area contributed by atoms with Crippen LogP contribution in [0.5, 0.6) is 5.75 Å². The Morgan fingerprint density at radius 1 is 1.33 bits per heavy atom. The molecule has 2 rings (SSSR count). The van der Waals surface area contributed by atoms with Crippen molar-refractivity contribution in [1.29, 1.82) is 0 Å². The van der Waals surface area contributed by atoms with E-state index in [9.17, 15) is 4.79 Å². The van der Waals surface area contributed by atoms with Crippen molar-refractivity contribution < 1.29 is 14.6 Å². The molecule has 1 aromatic carbocycles. The number of rotatable bonds is 5.